The van der Waals surface area contributed by atoms with Crippen molar-refractivity contribution in [3.63, 3.8) is 0 Å². The zero-order chi connectivity index (χ0) is 8.48. The third-order valence-electron chi connectivity index (χ3n) is 2.72. The molecular formula is C10H16O. The normalized spacial score (nSPS) is 28.3. The highest BCUT2D eigenvalue weighted by molar-refractivity contribution is 5.50. The second-order valence-corrected chi connectivity index (χ2v) is 4.10. The average Bonchev–Trinajstić information content (AvgIpc) is 2.08. The van der Waals surface area contributed by atoms with Gasteiger partial charge in [-0.1, -0.05) is 25.5 Å². The largest absolute Gasteiger partial charge is 0.303 e. The minimum absolute atomic E-state index is 0.327. The van der Waals surface area contributed by atoms with Crippen molar-refractivity contribution in [3.05, 3.63) is 11.6 Å². The molecule has 0 aromatic rings. The zero-order valence-electron chi connectivity index (χ0n) is 7.55. The molecule has 0 heterocycles. The van der Waals surface area contributed by atoms with E-state index in [9.17, 15) is 4.79 Å². The molecule has 1 heteroatoms. The second-order valence-electron chi connectivity index (χ2n) is 4.10. The highest BCUT2D eigenvalue weighted by Crippen LogP contribution is 2.41. The van der Waals surface area contributed by atoms with E-state index in [-0.39, 0.29) is 0 Å². The van der Waals surface area contributed by atoms with Crippen molar-refractivity contribution in [2.24, 2.45) is 11.3 Å². The van der Waals surface area contributed by atoms with Crippen molar-refractivity contribution >= 4 is 6.29 Å². The van der Waals surface area contributed by atoms with Crippen molar-refractivity contribution in [3.8, 4) is 0 Å². The van der Waals surface area contributed by atoms with Crippen molar-refractivity contribution in [2.45, 2.75) is 33.6 Å². The first-order valence-corrected chi connectivity index (χ1v) is 4.19. The first-order valence-electron chi connectivity index (χ1n) is 4.19. The number of allylic oxidation sites excluding steroid dienone is 2. The molecule has 62 valence electrons. The summed E-state index contributed by atoms with van der Waals surface area (Å²) in [6.45, 7) is 6.64. The first-order chi connectivity index (χ1) is 5.06. The Bertz CT molecular complexity index is 189. The van der Waals surface area contributed by atoms with Crippen LogP contribution in [-0.2, 0) is 4.79 Å². The van der Waals surface area contributed by atoms with Gasteiger partial charge in [0.2, 0.25) is 0 Å². The minimum Gasteiger partial charge on any atom is -0.303 e. The fraction of sp³-hybridized carbons (Fsp3) is 0.700. The molecule has 0 aromatic carbocycles. The van der Waals surface area contributed by atoms with Crippen molar-refractivity contribution < 1.29 is 4.79 Å². The molecule has 0 aromatic heterocycles. The smallest absolute Gasteiger partial charge is 0.120 e. The predicted molar refractivity (Wildman–Crippen MR) is 46.3 cm³/mol. The monoisotopic (exact) mass is 152 g/mol. The Kier molecular flexibility index (Phi) is 2.17. The van der Waals surface area contributed by atoms with Crippen molar-refractivity contribution in [1.29, 1.82) is 0 Å². The Hall–Kier alpha value is -0.590. The van der Waals surface area contributed by atoms with Crippen LogP contribution in [0, 0.1) is 11.3 Å². The van der Waals surface area contributed by atoms with E-state index in [2.05, 4.69) is 26.8 Å². The molecule has 0 fully saturated rings. The Morgan fingerprint density at radius 2 is 2.36 bits per heavy atom. The van der Waals surface area contributed by atoms with Gasteiger partial charge in [-0.05, 0) is 24.7 Å². The van der Waals surface area contributed by atoms with Gasteiger partial charge in [0.1, 0.15) is 6.29 Å². The second kappa shape index (κ2) is 2.80. The lowest BCUT2D eigenvalue weighted by Crippen LogP contribution is -2.09. The van der Waals surface area contributed by atoms with Crippen LogP contribution in [0.5, 0.6) is 0 Å². The van der Waals surface area contributed by atoms with E-state index in [0.717, 1.165) is 12.7 Å². The molecule has 1 aliphatic carbocycles. The van der Waals surface area contributed by atoms with E-state index >= 15 is 0 Å². The third kappa shape index (κ3) is 1.70. The molecule has 1 aliphatic rings. The fourth-order valence-corrected chi connectivity index (χ4v) is 1.73. The first kappa shape index (κ1) is 8.51. The van der Waals surface area contributed by atoms with Gasteiger partial charge in [-0.2, -0.15) is 0 Å². The van der Waals surface area contributed by atoms with Gasteiger partial charge >= 0.3 is 0 Å². The number of carbonyl (C=O) groups excluding carboxylic acids is 1. The summed E-state index contributed by atoms with van der Waals surface area (Å²) in [7, 11) is 0. The summed E-state index contributed by atoms with van der Waals surface area (Å²) in [5.41, 5.74) is 1.76. The summed E-state index contributed by atoms with van der Waals surface area (Å²) >= 11 is 0. The Balaban J connectivity index is 2.63. The van der Waals surface area contributed by atoms with Crippen molar-refractivity contribution in [2.75, 3.05) is 0 Å². The van der Waals surface area contributed by atoms with E-state index in [1.165, 1.54) is 5.57 Å². The van der Waals surface area contributed by atoms with Crippen molar-refractivity contribution in [1.82, 2.24) is 0 Å². The van der Waals surface area contributed by atoms with Gasteiger partial charge in [-0.3, -0.25) is 0 Å². The lowest BCUT2D eigenvalue weighted by molar-refractivity contribution is -0.108. The van der Waals surface area contributed by atoms with Crippen LogP contribution < -0.4 is 0 Å². The molecule has 1 atom stereocenters. The molecule has 11 heavy (non-hydrogen) atoms. The number of hydrogen-bond acceptors (Lipinski definition) is 1. The minimum atomic E-state index is 0.327. The number of rotatable bonds is 2. The Morgan fingerprint density at radius 1 is 1.73 bits per heavy atom. The molecule has 1 unspecified atom stereocenters. The SMILES string of the molecule is CC1=CC(CC=O)CC1(C)C. The summed E-state index contributed by atoms with van der Waals surface area (Å²) in [4.78, 5) is 10.2. The number of hydrogen-bond donors (Lipinski definition) is 0. The van der Waals surface area contributed by atoms with E-state index in [0.29, 0.717) is 17.8 Å². The van der Waals surface area contributed by atoms with Gasteiger partial charge < -0.3 is 4.79 Å². The molecule has 0 radical (unpaired) electrons. The van der Waals surface area contributed by atoms with E-state index in [1.54, 1.807) is 0 Å². The maximum atomic E-state index is 10.2. The summed E-state index contributed by atoms with van der Waals surface area (Å²) < 4.78 is 0. The van der Waals surface area contributed by atoms with E-state index < -0.39 is 0 Å². The molecule has 0 saturated carbocycles. The maximum Gasteiger partial charge on any atom is 0.120 e. The molecule has 0 bridgehead atoms. The summed E-state index contributed by atoms with van der Waals surface area (Å²) in [5.74, 6) is 0.502. The van der Waals surface area contributed by atoms with Crippen LogP contribution in [-0.4, -0.2) is 6.29 Å². The fourth-order valence-electron chi connectivity index (χ4n) is 1.73. The molecule has 0 amide bonds. The van der Waals surface area contributed by atoms with Crippen LogP contribution in [0.15, 0.2) is 11.6 Å². The van der Waals surface area contributed by atoms with Gasteiger partial charge in [0.15, 0.2) is 0 Å². The molecular weight excluding hydrogens is 136 g/mol. The molecule has 0 spiro atoms. The number of aldehydes is 1. The Labute approximate surface area is 68.5 Å². The topological polar surface area (TPSA) is 17.1 Å². The van der Waals surface area contributed by atoms with Crippen LogP contribution in [0.3, 0.4) is 0 Å². The summed E-state index contributed by atoms with van der Waals surface area (Å²) in [6, 6.07) is 0. The predicted octanol–water partition coefficient (Wildman–Crippen LogP) is 2.57. The van der Waals surface area contributed by atoms with Crippen LogP contribution in [0.2, 0.25) is 0 Å². The van der Waals surface area contributed by atoms with Crippen LogP contribution in [0.4, 0.5) is 0 Å². The Morgan fingerprint density at radius 3 is 2.73 bits per heavy atom. The average molecular weight is 152 g/mol. The van der Waals surface area contributed by atoms with E-state index in [4.69, 9.17) is 0 Å². The van der Waals surface area contributed by atoms with Gasteiger partial charge in [-0.15, -0.1) is 0 Å². The van der Waals surface area contributed by atoms with Crippen LogP contribution in [0.25, 0.3) is 0 Å². The highest BCUT2D eigenvalue weighted by Gasteiger charge is 2.29. The standard InChI is InChI=1S/C10H16O/c1-8-6-9(4-5-11)7-10(8,2)3/h5-6,9H,4,7H2,1-3H3. The molecule has 1 rings (SSSR count). The van der Waals surface area contributed by atoms with Gasteiger partial charge in [0.05, 0.1) is 0 Å². The molecule has 0 N–H and O–H groups in total. The quantitative estimate of drug-likeness (QED) is 0.439. The highest BCUT2D eigenvalue weighted by atomic mass is 16.1. The molecule has 1 nitrogen and oxygen atoms in total. The zero-order valence-corrected chi connectivity index (χ0v) is 7.55. The van der Waals surface area contributed by atoms with Gasteiger partial charge in [0.25, 0.3) is 0 Å². The van der Waals surface area contributed by atoms with Crippen LogP contribution in [0.1, 0.15) is 33.6 Å². The number of carbonyl (C=O) groups is 1. The molecule has 0 aliphatic heterocycles. The van der Waals surface area contributed by atoms with Gasteiger partial charge in [0, 0.05) is 6.42 Å². The molecule has 0 saturated heterocycles. The van der Waals surface area contributed by atoms with E-state index in [1.807, 2.05) is 0 Å². The third-order valence-corrected chi connectivity index (χ3v) is 2.72. The lowest BCUT2D eigenvalue weighted by Gasteiger charge is -2.20. The van der Waals surface area contributed by atoms with Crippen LogP contribution >= 0.6 is 0 Å². The summed E-state index contributed by atoms with van der Waals surface area (Å²) in [6.07, 6.45) is 5.10. The summed E-state index contributed by atoms with van der Waals surface area (Å²) in [5, 5.41) is 0. The maximum absolute atomic E-state index is 10.2. The van der Waals surface area contributed by atoms with Gasteiger partial charge in [-0.25, -0.2) is 0 Å². The lowest BCUT2D eigenvalue weighted by atomic mass is 9.85.